The minimum absolute atomic E-state index is 0.262. The molecule has 0 radical (unpaired) electrons. The van der Waals surface area contributed by atoms with E-state index in [1.807, 2.05) is 49.4 Å². The molecule has 0 fully saturated rings. The Kier molecular flexibility index (Phi) is 8.51. The van der Waals surface area contributed by atoms with Crippen molar-refractivity contribution in [2.24, 2.45) is 0 Å². The summed E-state index contributed by atoms with van der Waals surface area (Å²) in [5.74, 6) is 0. The van der Waals surface area contributed by atoms with Crippen molar-refractivity contribution in [3.05, 3.63) is 83.6 Å². The molecule has 3 N–H and O–H groups in total. The van der Waals surface area contributed by atoms with Gasteiger partial charge in [-0.15, -0.1) is 0 Å². The number of fused-ring (bicyclic) bond motifs is 1. The summed E-state index contributed by atoms with van der Waals surface area (Å²) in [7, 11) is 0. The first kappa shape index (κ1) is 22.3. The lowest BCUT2D eigenvalue weighted by atomic mass is 9.97. The number of nitrogens with zero attached hydrogens (tertiary/aromatic N) is 1. The molecule has 4 nitrogen and oxygen atoms in total. The Bertz CT molecular complexity index is 884. The van der Waals surface area contributed by atoms with Gasteiger partial charge in [0.05, 0.1) is 24.6 Å². The molecule has 1 aliphatic heterocycles. The van der Waals surface area contributed by atoms with Gasteiger partial charge in [0.2, 0.25) is 0 Å². The van der Waals surface area contributed by atoms with E-state index in [2.05, 4.69) is 43.2 Å². The van der Waals surface area contributed by atoms with Gasteiger partial charge in [0.25, 0.3) is 0 Å². The fraction of sp³-hybridized carbons (Fsp3) is 0.320. The third-order valence-electron chi connectivity index (χ3n) is 4.66. The number of anilines is 1. The predicted octanol–water partition coefficient (Wildman–Crippen LogP) is 5.45. The zero-order valence-corrected chi connectivity index (χ0v) is 17.6. The molecule has 4 heteroatoms. The molecule has 0 bridgehead atoms. The molecule has 2 rings (SSSR count). The highest BCUT2D eigenvalue weighted by Gasteiger charge is 2.23. The standard InChI is InChI=1S/C25H31N3O/c1-5-9-18(3)15-19(4)27-23-17-24(28-22-12-8-7-11-21(22)23)25(29)16-20(10-6-2)13-14-26/h6-8,10-12,15-17,24-25,27-29H,4-5,9,13H2,1-3H3/b10-6-,18-15+,20-16+. The highest BCUT2D eigenvalue weighted by atomic mass is 16.3. The van der Waals surface area contributed by atoms with Crippen molar-refractivity contribution < 1.29 is 5.11 Å². The van der Waals surface area contributed by atoms with E-state index >= 15 is 0 Å². The Morgan fingerprint density at radius 1 is 1.41 bits per heavy atom. The third kappa shape index (κ3) is 6.51. The predicted molar refractivity (Wildman–Crippen MR) is 122 cm³/mol. The maximum absolute atomic E-state index is 10.8. The first-order valence-electron chi connectivity index (χ1n) is 10.1. The summed E-state index contributed by atoms with van der Waals surface area (Å²) in [5.41, 5.74) is 5.80. The third-order valence-corrected chi connectivity index (χ3v) is 4.66. The second-order valence-corrected chi connectivity index (χ2v) is 7.25. The lowest BCUT2D eigenvalue weighted by molar-refractivity contribution is 0.214. The molecule has 0 aromatic heterocycles. The van der Waals surface area contributed by atoms with Crippen molar-refractivity contribution in [3.63, 3.8) is 0 Å². The van der Waals surface area contributed by atoms with Crippen LogP contribution in [-0.2, 0) is 0 Å². The van der Waals surface area contributed by atoms with Gasteiger partial charge in [-0.2, -0.15) is 5.26 Å². The van der Waals surface area contributed by atoms with E-state index in [0.717, 1.165) is 41.1 Å². The molecule has 0 saturated heterocycles. The first-order chi connectivity index (χ1) is 14.0. The van der Waals surface area contributed by atoms with Gasteiger partial charge < -0.3 is 15.7 Å². The molecule has 1 heterocycles. The van der Waals surface area contributed by atoms with Gasteiger partial charge in [0, 0.05) is 22.6 Å². The summed E-state index contributed by atoms with van der Waals surface area (Å²) < 4.78 is 0. The molecule has 29 heavy (non-hydrogen) atoms. The van der Waals surface area contributed by atoms with Gasteiger partial charge in [-0.05, 0) is 50.1 Å². The molecule has 2 atom stereocenters. The van der Waals surface area contributed by atoms with E-state index in [1.165, 1.54) is 5.57 Å². The van der Waals surface area contributed by atoms with Crippen LogP contribution in [0.3, 0.4) is 0 Å². The lowest BCUT2D eigenvalue weighted by Crippen LogP contribution is -2.35. The zero-order valence-electron chi connectivity index (χ0n) is 17.6. The van der Waals surface area contributed by atoms with E-state index in [4.69, 9.17) is 5.26 Å². The van der Waals surface area contributed by atoms with Crippen molar-refractivity contribution in [2.45, 2.75) is 52.2 Å². The number of allylic oxidation sites excluding steroid dienone is 5. The van der Waals surface area contributed by atoms with Crippen LogP contribution in [-0.4, -0.2) is 17.3 Å². The van der Waals surface area contributed by atoms with Gasteiger partial charge in [0.1, 0.15) is 0 Å². The van der Waals surface area contributed by atoms with Crippen LogP contribution < -0.4 is 10.6 Å². The van der Waals surface area contributed by atoms with Crippen molar-refractivity contribution >= 4 is 11.4 Å². The molecular formula is C25H31N3O. The number of hydrogen-bond acceptors (Lipinski definition) is 4. The summed E-state index contributed by atoms with van der Waals surface area (Å²) in [5, 5.41) is 26.6. The van der Waals surface area contributed by atoms with Crippen LogP contribution in [0.25, 0.3) is 5.70 Å². The highest BCUT2D eigenvalue weighted by Crippen LogP contribution is 2.30. The van der Waals surface area contributed by atoms with Crippen LogP contribution in [0.2, 0.25) is 0 Å². The number of nitriles is 1. The van der Waals surface area contributed by atoms with Gasteiger partial charge in [0.15, 0.2) is 0 Å². The zero-order chi connectivity index (χ0) is 21.2. The fourth-order valence-corrected chi connectivity index (χ4v) is 3.40. The second kappa shape index (κ2) is 11.1. The fourth-order valence-electron chi connectivity index (χ4n) is 3.40. The number of rotatable bonds is 9. The van der Waals surface area contributed by atoms with Crippen LogP contribution in [0.5, 0.6) is 0 Å². The molecule has 0 spiro atoms. The van der Waals surface area contributed by atoms with Crippen molar-refractivity contribution in [1.29, 1.82) is 5.26 Å². The minimum Gasteiger partial charge on any atom is -0.387 e. The average molecular weight is 390 g/mol. The van der Waals surface area contributed by atoms with E-state index in [-0.39, 0.29) is 12.5 Å². The summed E-state index contributed by atoms with van der Waals surface area (Å²) in [4.78, 5) is 0. The van der Waals surface area contributed by atoms with E-state index < -0.39 is 6.10 Å². The molecule has 2 unspecified atom stereocenters. The molecule has 1 aromatic rings. The normalized spacial score (nSPS) is 17.8. The summed E-state index contributed by atoms with van der Waals surface area (Å²) in [6.07, 6.45) is 11.1. The van der Waals surface area contributed by atoms with Gasteiger partial charge in [-0.1, -0.05) is 55.8 Å². The molecule has 0 saturated carbocycles. The smallest absolute Gasteiger partial charge is 0.0964 e. The van der Waals surface area contributed by atoms with Crippen LogP contribution >= 0.6 is 0 Å². The van der Waals surface area contributed by atoms with E-state index in [9.17, 15) is 5.11 Å². The summed E-state index contributed by atoms with van der Waals surface area (Å²) >= 11 is 0. The van der Waals surface area contributed by atoms with Gasteiger partial charge in [-0.3, -0.25) is 0 Å². The number of nitrogens with one attached hydrogen (secondary N) is 2. The number of benzene rings is 1. The Hall–Kier alpha value is -3.03. The maximum atomic E-state index is 10.8. The first-order valence-corrected chi connectivity index (χ1v) is 10.1. The monoisotopic (exact) mass is 389 g/mol. The van der Waals surface area contributed by atoms with Gasteiger partial charge >= 0.3 is 0 Å². The second-order valence-electron chi connectivity index (χ2n) is 7.25. The average Bonchev–Trinajstić information content (AvgIpc) is 2.68. The largest absolute Gasteiger partial charge is 0.387 e. The topological polar surface area (TPSA) is 68.1 Å². The molecule has 0 amide bonds. The molecule has 0 aliphatic carbocycles. The molecule has 1 aromatic carbocycles. The maximum Gasteiger partial charge on any atom is 0.0964 e. The number of aliphatic hydroxyl groups is 1. The molecule has 1 aliphatic rings. The van der Waals surface area contributed by atoms with Crippen LogP contribution in [0.1, 0.15) is 45.6 Å². The Morgan fingerprint density at radius 3 is 2.86 bits per heavy atom. The Balaban J connectivity index is 2.31. The molecule has 152 valence electrons. The van der Waals surface area contributed by atoms with Crippen LogP contribution in [0, 0.1) is 11.3 Å². The highest BCUT2D eigenvalue weighted by molar-refractivity contribution is 5.80. The number of aliphatic hydroxyl groups excluding tert-OH is 1. The van der Waals surface area contributed by atoms with Crippen molar-refractivity contribution in [2.75, 3.05) is 5.32 Å². The van der Waals surface area contributed by atoms with Crippen molar-refractivity contribution in [3.8, 4) is 6.07 Å². The van der Waals surface area contributed by atoms with E-state index in [1.54, 1.807) is 6.08 Å². The lowest BCUT2D eigenvalue weighted by Gasteiger charge is -2.29. The number of hydrogen-bond donors (Lipinski definition) is 3. The number of para-hydroxylation sites is 1. The van der Waals surface area contributed by atoms with Crippen molar-refractivity contribution in [1.82, 2.24) is 5.32 Å². The molecular weight excluding hydrogens is 358 g/mol. The summed E-state index contributed by atoms with van der Waals surface area (Å²) in [6.45, 7) is 10.3. The van der Waals surface area contributed by atoms with Crippen LogP contribution in [0.15, 0.2) is 78.1 Å². The van der Waals surface area contributed by atoms with E-state index in [0.29, 0.717) is 0 Å². The van der Waals surface area contributed by atoms with Gasteiger partial charge in [-0.25, -0.2) is 0 Å². The SMILES string of the molecule is C=C(/C=C(\C)CCC)NC1=CC(C(O)/C=C(\C=C/C)CC#N)Nc2ccccc21. The Labute approximate surface area is 174 Å². The Morgan fingerprint density at radius 2 is 2.17 bits per heavy atom. The summed E-state index contributed by atoms with van der Waals surface area (Å²) in [6, 6.07) is 9.82. The minimum atomic E-state index is -0.773. The van der Waals surface area contributed by atoms with Crippen LogP contribution in [0.4, 0.5) is 5.69 Å². The quantitative estimate of drug-likeness (QED) is 0.491.